The summed E-state index contributed by atoms with van der Waals surface area (Å²) in [5.74, 6) is 0.867. The predicted molar refractivity (Wildman–Crippen MR) is 72.9 cm³/mol. The van der Waals surface area contributed by atoms with E-state index < -0.39 is 0 Å². The second-order valence-electron chi connectivity index (χ2n) is 4.22. The van der Waals surface area contributed by atoms with Crippen molar-refractivity contribution in [2.75, 3.05) is 13.2 Å². The van der Waals surface area contributed by atoms with Crippen LogP contribution in [0.5, 0.6) is 5.75 Å². The number of ether oxygens (including phenoxy) is 1. The number of nitrogens with two attached hydrogens (primary N) is 1. The first-order chi connectivity index (χ1) is 8.90. The van der Waals surface area contributed by atoms with Gasteiger partial charge in [0, 0.05) is 5.39 Å². The normalized spacial score (nSPS) is 11.2. The number of hydrogen-bond acceptors (Lipinski definition) is 3. The first kappa shape index (κ1) is 11.1. The van der Waals surface area contributed by atoms with Crippen molar-refractivity contribution in [1.82, 2.24) is 0 Å². The molecule has 0 aliphatic heterocycles. The second-order valence-corrected chi connectivity index (χ2v) is 4.22. The van der Waals surface area contributed by atoms with Crippen LogP contribution in [0, 0.1) is 0 Å². The molecule has 0 atom stereocenters. The van der Waals surface area contributed by atoms with Crippen LogP contribution in [0.3, 0.4) is 0 Å². The van der Waals surface area contributed by atoms with Gasteiger partial charge in [0.25, 0.3) is 0 Å². The van der Waals surface area contributed by atoms with E-state index >= 15 is 0 Å². The van der Waals surface area contributed by atoms with Gasteiger partial charge in [-0.15, -0.1) is 0 Å². The van der Waals surface area contributed by atoms with Gasteiger partial charge in [0.15, 0.2) is 0 Å². The number of furan rings is 1. The Hall–Kier alpha value is -2.00. The molecular weight excluding hydrogens is 226 g/mol. The summed E-state index contributed by atoms with van der Waals surface area (Å²) in [6, 6.07) is 13.9. The van der Waals surface area contributed by atoms with E-state index in [1.54, 1.807) is 0 Å². The van der Waals surface area contributed by atoms with Crippen LogP contribution in [0.2, 0.25) is 0 Å². The molecule has 0 fully saturated rings. The molecule has 0 saturated heterocycles. The molecule has 3 nitrogen and oxygen atoms in total. The molecule has 3 rings (SSSR count). The highest BCUT2D eigenvalue weighted by atomic mass is 16.5. The third-order valence-electron chi connectivity index (χ3n) is 2.97. The van der Waals surface area contributed by atoms with Crippen LogP contribution in [-0.4, -0.2) is 13.2 Å². The number of fused-ring (bicyclic) bond motifs is 3. The zero-order chi connectivity index (χ0) is 12.4. The molecule has 0 radical (unpaired) electrons. The first-order valence-electron chi connectivity index (χ1n) is 6.13. The minimum absolute atomic E-state index is 0.634. The molecule has 0 bridgehead atoms. The standard InChI is InChI=1S/C15H15NO2/c16-9-4-10-17-13-7-3-8-14-15(13)11-5-1-2-6-12(11)18-14/h1-3,5-8H,4,9-10,16H2. The van der Waals surface area contributed by atoms with Gasteiger partial charge >= 0.3 is 0 Å². The van der Waals surface area contributed by atoms with Crippen molar-refractivity contribution in [1.29, 1.82) is 0 Å². The van der Waals surface area contributed by atoms with Gasteiger partial charge < -0.3 is 14.9 Å². The Morgan fingerprint density at radius 1 is 1.00 bits per heavy atom. The van der Waals surface area contributed by atoms with Gasteiger partial charge in [0.1, 0.15) is 16.9 Å². The van der Waals surface area contributed by atoms with Crippen molar-refractivity contribution in [3.63, 3.8) is 0 Å². The quantitative estimate of drug-likeness (QED) is 0.713. The minimum atomic E-state index is 0.634. The second kappa shape index (κ2) is 4.70. The van der Waals surface area contributed by atoms with Crippen molar-refractivity contribution in [2.45, 2.75) is 6.42 Å². The highest BCUT2D eigenvalue weighted by molar-refractivity contribution is 6.08. The van der Waals surface area contributed by atoms with Crippen molar-refractivity contribution in [2.24, 2.45) is 5.73 Å². The molecule has 1 aromatic heterocycles. The highest BCUT2D eigenvalue weighted by Crippen LogP contribution is 2.35. The maximum Gasteiger partial charge on any atom is 0.139 e. The number of benzene rings is 2. The smallest absolute Gasteiger partial charge is 0.139 e. The lowest BCUT2D eigenvalue weighted by Gasteiger charge is -2.06. The summed E-state index contributed by atoms with van der Waals surface area (Å²) < 4.78 is 11.6. The minimum Gasteiger partial charge on any atom is -0.493 e. The Labute approximate surface area is 105 Å². The summed E-state index contributed by atoms with van der Waals surface area (Å²) in [4.78, 5) is 0. The van der Waals surface area contributed by atoms with E-state index in [0.29, 0.717) is 13.2 Å². The van der Waals surface area contributed by atoms with Crippen LogP contribution < -0.4 is 10.5 Å². The molecule has 1 heterocycles. The van der Waals surface area contributed by atoms with Crippen LogP contribution in [0.4, 0.5) is 0 Å². The zero-order valence-corrected chi connectivity index (χ0v) is 10.1. The molecule has 0 aliphatic rings. The molecule has 0 aliphatic carbocycles. The maximum absolute atomic E-state index is 5.79. The summed E-state index contributed by atoms with van der Waals surface area (Å²) in [7, 11) is 0. The van der Waals surface area contributed by atoms with E-state index in [1.807, 2.05) is 36.4 Å². The van der Waals surface area contributed by atoms with Gasteiger partial charge in [-0.25, -0.2) is 0 Å². The molecule has 0 unspecified atom stereocenters. The zero-order valence-electron chi connectivity index (χ0n) is 10.1. The van der Waals surface area contributed by atoms with Crippen LogP contribution >= 0.6 is 0 Å². The number of rotatable bonds is 4. The average molecular weight is 241 g/mol. The summed E-state index contributed by atoms with van der Waals surface area (Å²) in [5.41, 5.74) is 7.23. The van der Waals surface area contributed by atoms with Crippen LogP contribution in [0.1, 0.15) is 6.42 Å². The Morgan fingerprint density at radius 3 is 2.72 bits per heavy atom. The molecule has 18 heavy (non-hydrogen) atoms. The van der Waals surface area contributed by atoms with E-state index in [9.17, 15) is 0 Å². The molecule has 3 aromatic rings. The lowest BCUT2D eigenvalue weighted by atomic mass is 10.1. The van der Waals surface area contributed by atoms with E-state index in [1.165, 1.54) is 0 Å². The molecule has 2 N–H and O–H groups in total. The number of hydrogen-bond donors (Lipinski definition) is 1. The van der Waals surface area contributed by atoms with Gasteiger partial charge in [-0.05, 0) is 31.2 Å². The van der Waals surface area contributed by atoms with Gasteiger partial charge in [-0.1, -0.05) is 24.3 Å². The van der Waals surface area contributed by atoms with E-state index in [-0.39, 0.29) is 0 Å². The van der Waals surface area contributed by atoms with Gasteiger partial charge in [0.05, 0.1) is 12.0 Å². The van der Waals surface area contributed by atoms with Gasteiger partial charge in [0.2, 0.25) is 0 Å². The summed E-state index contributed by atoms with van der Waals surface area (Å²) in [5, 5.41) is 2.14. The molecule has 0 amide bonds. The fourth-order valence-electron chi connectivity index (χ4n) is 2.13. The highest BCUT2D eigenvalue weighted by Gasteiger charge is 2.10. The third-order valence-corrected chi connectivity index (χ3v) is 2.97. The monoisotopic (exact) mass is 241 g/mol. The van der Waals surface area contributed by atoms with Crippen molar-refractivity contribution in [3.8, 4) is 5.75 Å². The molecule has 0 spiro atoms. The lowest BCUT2D eigenvalue weighted by Crippen LogP contribution is -2.06. The molecule has 2 aromatic carbocycles. The van der Waals surface area contributed by atoms with Crippen LogP contribution in [0.25, 0.3) is 21.9 Å². The van der Waals surface area contributed by atoms with E-state index in [4.69, 9.17) is 14.9 Å². The van der Waals surface area contributed by atoms with Gasteiger partial charge in [-0.3, -0.25) is 0 Å². The Bertz CT molecular complexity index is 672. The molecule has 92 valence electrons. The third kappa shape index (κ3) is 1.83. The lowest BCUT2D eigenvalue weighted by molar-refractivity contribution is 0.317. The van der Waals surface area contributed by atoms with Crippen molar-refractivity contribution < 1.29 is 9.15 Å². The summed E-state index contributed by atoms with van der Waals surface area (Å²) in [6.45, 7) is 1.28. The largest absolute Gasteiger partial charge is 0.493 e. The van der Waals surface area contributed by atoms with Crippen molar-refractivity contribution >= 4 is 21.9 Å². The summed E-state index contributed by atoms with van der Waals surface area (Å²) in [6.07, 6.45) is 0.853. The average Bonchev–Trinajstić information content (AvgIpc) is 2.78. The maximum atomic E-state index is 5.79. The number of para-hydroxylation sites is 1. The Morgan fingerprint density at radius 2 is 1.83 bits per heavy atom. The van der Waals surface area contributed by atoms with Crippen LogP contribution in [-0.2, 0) is 0 Å². The van der Waals surface area contributed by atoms with E-state index in [2.05, 4.69) is 6.07 Å². The topological polar surface area (TPSA) is 48.4 Å². The van der Waals surface area contributed by atoms with E-state index in [0.717, 1.165) is 34.1 Å². The Kier molecular flexibility index (Phi) is 2.90. The summed E-state index contributed by atoms with van der Waals surface area (Å²) >= 11 is 0. The Balaban J connectivity index is 2.13. The molecule has 3 heteroatoms. The fraction of sp³-hybridized carbons (Fsp3) is 0.200. The molecular formula is C15H15NO2. The van der Waals surface area contributed by atoms with Gasteiger partial charge in [-0.2, -0.15) is 0 Å². The predicted octanol–water partition coefficient (Wildman–Crippen LogP) is 3.31. The molecule has 0 saturated carbocycles. The van der Waals surface area contributed by atoms with Crippen molar-refractivity contribution in [3.05, 3.63) is 42.5 Å². The van der Waals surface area contributed by atoms with Crippen LogP contribution in [0.15, 0.2) is 46.9 Å². The SMILES string of the molecule is NCCCOc1cccc2oc3ccccc3c12. The first-order valence-corrected chi connectivity index (χ1v) is 6.13. The fourth-order valence-corrected chi connectivity index (χ4v) is 2.13.